The molecule has 0 N–H and O–H groups in total. The minimum absolute atomic E-state index is 0.232. The number of rotatable bonds is 0. The fourth-order valence-electron chi connectivity index (χ4n) is 2.41. The molecule has 0 radical (unpaired) electrons. The molecule has 0 aliphatic carbocycles. The van der Waals surface area contributed by atoms with E-state index in [1.54, 1.807) is 4.90 Å². The highest BCUT2D eigenvalue weighted by molar-refractivity contribution is 5.74. The number of nitrogens with zero attached hydrogens (tertiary/aromatic N) is 3. The molecule has 2 heterocycles. The molecule has 2 rings (SSSR count). The van der Waals surface area contributed by atoms with Crippen LogP contribution in [0.2, 0.25) is 0 Å². The van der Waals surface area contributed by atoms with E-state index >= 15 is 0 Å². The van der Waals surface area contributed by atoms with Gasteiger partial charge in [-0.1, -0.05) is 0 Å². The Labute approximate surface area is 106 Å². The quantitative estimate of drug-likeness (QED) is 0.535. The van der Waals surface area contributed by atoms with Crippen molar-refractivity contribution in [2.24, 2.45) is 0 Å². The molecule has 7 nitrogen and oxygen atoms in total. The van der Waals surface area contributed by atoms with E-state index in [1.807, 2.05) is 0 Å². The molecule has 0 aromatic heterocycles. The molecule has 3 amide bonds. The number of carboxylic acid groups (broad SMARTS) is 1. The van der Waals surface area contributed by atoms with Crippen molar-refractivity contribution in [3.8, 4) is 0 Å². The maximum atomic E-state index is 12.4. The molecule has 102 valence electrons. The molecule has 18 heavy (non-hydrogen) atoms. The summed E-state index contributed by atoms with van der Waals surface area (Å²) in [6.45, 7) is 2.91. The van der Waals surface area contributed by atoms with Gasteiger partial charge in [-0.2, -0.15) is 9.60 Å². The van der Waals surface area contributed by atoms with E-state index in [-0.39, 0.29) is 6.03 Å². The molecule has 0 aromatic carbocycles. The highest BCUT2D eigenvalue weighted by Crippen LogP contribution is 2.20. The second-order valence-electron chi connectivity index (χ2n) is 4.84. The summed E-state index contributed by atoms with van der Waals surface area (Å²) in [5.41, 5.74) is 0. The minimum atomic E-state index is -1.23. The fourth-order valence-corrected chi connectivity index (χ4v) is 2.41. The van der Waals surface area contributed by atoms with Gasteiger partial charge in [-0.05, 0) is 6.42 Å². The minimum Gasteiger partial charge on any atom is -0.496 e. The fraction of sp³-hybridized carbons (Fsp3) is 0.818. The molecule has 0 saturated carbocycles. The molecule has 2 aliphatic heterocycles. The molecular formula is C11H19N3O4. The second kappa shape index (κ2) is 5.11. The average Bonchev–Trinajstić information content (AvgIpc) is 2.39. The van der Waals surface area contributed by atoms with Crippen LogP contribution >= 0.6 is 0 Å². The van der Waals surface area contributed by atoms with Crippen molar-refractivity contribution < 1.29 is 24.0 Å². The van der Waals surface area contributed by atoms with Crippen molar-refractivity contribution >= 4 is 12.1 Å². The molecule has 0 spiro atoms. The van der Waals surface area contributed by atoms with E-state index in [2.05, 4.69) is 0 Å². The van der Waals surface area contributed by atoms with Crippen molar-refractivity contribution in [1.29, 1.82) is 0 Å². The third kappa shape index (κ3) is 2.28. The van der Waals surface area contributed by atoms with Crippen LogP contribution in [-0.4, -0.2) is 73.1 Å². The van der Waals surface area contributed by atoms with Gasteiger partial charge in [0.2, 0.25) is 0 Å². The van der Waals surface area contributed by atoms with Crippen molar-refractivity contribution in [3.05, 3.63) is 0 Å². The van der Waals surface area contributed by atoms with Crippen molar-refractivity contribution in [1.82, 2.24) is 9.91 Å². The Bertz CT molecular complexity index is 343. The molecular weight excluding hydrogens is 238 g/mol. The number of ether oxygens (including phenoxy) is 1. The van der Waals surface area contributed by atoms with Gasteiger partial charge >= 0.3 is 6.03 Å². The zero-order valence-corrected chi connectivity index (χ0v) is 10.6. The maximum absolute atomic E-state index is 12.4. The Hall–Kier alpha value is -1.34. The first-order valence-electron chi connectivity index (χ1n) is 6.27. The largest absolute Gasteiger partial charge is 0.496 e. The topological polar surface area (TPSA) is 72.9 Å². The molecule has 0 aromatic rings. The smallest absolute Gasteiger partial charge is 0.364 e. The number of urea groups is 1. The number of amides is 3. The van der Waals surface area contributed by atoms with Crippen LogP contribution in [0.1, 0.15) is 12.8 Å². The highest BCUT2D eigenvalue weighted by atomic mass is 16.5. The zero-order valence-electron chi connectivity index (χ0n) is 10.6. The standard InChI is InChI=1S/C11H19N3O4/c1-14(11(16)17)7-3-2-4-13(14)10(15)12-5-8-18-9-6-12/h2-9H2,1H3. The molecule has 1 atom stereocenters. The Morgan fingerprint density at radius 3 is 2.44 bits per heavy atom. The molecule has 2 saturated heterocycles. The lowest BCUT2D eigenvalue weighted by Gasteiger charge is -2.46. The van der Waals surface area contributed by atoms with Crippen molar-refractivity contribution in [2.45, 2.75) is 12.8 Å². The SMILES string of the molecule is C[N+]1(C(=O)[O-])CCCCN1C(=O)N1CCOCC1. The van der Waals surface area contributed by atoms with Crippen LogP contribution in [0.3, 0.4) is 0 Å². The summed E-state index contributed by atoms with van der Waals surface area (Å²) in [7, 11) is 1.52. The summed E-state index contributed by atoms with van der Waals surface area (Å²) in [6, 6.07) is -0.232. The zero-order chi connectivity index (χ0) is 13.2. The number of carbonyl (C=O) groups excluding carboxylic acids is 2. The molecule has 2 fully saturated rings. The van der Waals surface area contributed by atoms with E-state index in [0.717, 1.165) is 12.8 Å². The monoisotopic (exact) mass is 257 g/mol. The van der Waals surface area contributed by atoms with Crippen LogP contribution in [0.4, 0.5) is 9.59 Å². The van der Waals surface area contributed by atoms with Gasteiger partial charge in [-0.25, -0.2) is 4.79 Å². The maximum Gasteiger partial charge on any atom is 0.364 e. The molecule has 2 aliphatic rings. The Morgan fingerprint density at radius 2 is 1.83 bits per heavy atom. The van der Waals surface area contributed by atoms with Gasteiger partial charge in [-0.3, -0.25) is 0 Å². The van der Waals surface area contributed by atoms with Crippen LogP contribution in [0, 0.1) is 0 Å². The van der Waals surface area contributed by atoms with Gasteiger partial charge in [-0.15, -0.1) is 0 Å². The predicted octanol–water partition coefficient (Wildman–Crippen LogP) is -0.761. The Morgan fingerprint density at radius 1 is 1.17 bits per heavy atom. The van der Waals surface area contributed by atoms with Gasteiger partial charge in [0.05, 0.1) is 26.8 Å². The van der Waals surface area contributed by atoms with E-state index in [0.29, 0.717) is 39.4 Å². The summed E-state index contributed by atoms with van der Waals surface area (Å²) in [5.74, 6) is 0. The predicted molar refractivity (Wildman–Crippen MR) is 60.2 cm³/mol. The first-order chi connectivity index (χ1) is 8.55. The average molecular weight is 257 g/mol. The summed E-state index contributed by atoms with van der Waals surface area (Å²) < 4.78 is 4.74. The van der Waals surface area contributed by atoms with Gasteiger partial charge in [0, 0.05) is 19.5 Å². The summed E-state index contributed by atoms with van der Waals surface area (Å²) in [5, 5.41) is 12.7. The lowest BCUT2D eigenvalue weighted by atomic mass is 10.2. The van der Waals surface area contributed by atoms with Gasteiger partial charge in [0.15, 0.2) is 0 Å². The number of morpholine rings is 1. The lowest BCUT2D eigenvalue weighted by molar-refractivity contribution is -0.961. The third-order valence-corrected chi connectivity index (χ3v) is 3.64. The Kier molecular flexibility index (Phi) is 3.72. The van der Waals surface area contributed by atoms with Gasteiger partial charge < -0.3 is 19.5 Å². The van der Waals surface area contributed by atoms with E-state index in [1.165, 1.54) is 12.1 Å². The number of hydrogen-bond acceptors (Lipinski definition) is 4. The highest BCUT2D eigenvalue weighted by Gasteiger charge is 2.41. The van der Waals surface area contributed by atoms with Crippen LogP contribution < -0.4 is 5.11 Å². The van der Waals surface area contributed by atoms with Gasteiger partial charge in [0.25, 0.3) is 6.09 Å². The first kappa shape index (κ1) is 13.1. The summed E-state index contributed by atoms with van der Waals surface area (Å²) in [4.78, 5) is 25.3. The van der Waals surface area contributed by atoms with Gasteiger partial charge in [0.1, 0.15) is 6.54 Å². The van der Waals surface area contributed by atoms with Crippen molar-refractivity contribution in [2.75, 3.05) is 46.4 Å². The summed E-state index contributed by atoms with van der Waals surface area (Å²) >= 11 is 0. The van der Waals surface area contributed by atoms with Crippen LogP contribution in [-0.2, 0) is 4.74 Å². The first-order valence-corrected chi connectivity index (χ1v) is 6.27. The van der Waals surface area contributed by atoms with Crippen LogP contribution in [0.15, 0.2) is 0 Å². The molecule has 0 bridgehead atoms. The third-order valence-electron chi connectivity index (χ3n) is 3.64. The molecule has 7 heteroatoms. The number of hydrogen-bond donors (Lipinski definition) is 0. The Balaban J connectivity index is 2.13. The summed E-state index contributed by atoms with van der Waals surface area (Å²) in [6.07, 6.45) is 0.394. The van der Waals surface area contributed by atoms with E-state index < -0.39 is 10.7 Å². The van der Waals surface area contributed by atoms with E-state index in [9.17, 15) is 14.7 Å². The van der Waals surface area contributed by atoms with Crippen LogP contribution in [0.5, 0.6) is 0 Å². The normalized spacial score (nSPS) is 29.2. The van der Waals surface area contributed by atoms with Crippen molar-refractivity contribution in [3.63, 3.8) is 0 Å². The van der Waals surface area contributed by atoms with E-state index in [4.69, 9.17) is 4.74 Å². The second-order valence-corrected chi connectivity index (χ2v) is 4.84. The number of carbonyl (C=O) groups is 2. The lowest BCUT2D eigenvalue weighted by Crippen LogP contribution is -2.71. The van der Waals surface area contributed by atoms with Crippen LogP contribution in [0.25, 0.3) is 0 Å². The number of quaternary nitrogens is 1. The molecule has 1 unspecified atom stereocenters.